The average Bonchev–Trinajstić information content (AvgIpc) is 3.33. The van der Waals surface area contributed by atoms with Gasteiger partial charge in [0.15, 0.2) is 0 Å². The van der Waals surface area contributed by atoms with E-state index in [1.54, 1.807) is 13.2 Å². The second-order valence-corrected chi connectivity index (χ2v) is 14.4. The summed E-state index contributed by atoms with van der Waals surface area (Å²) in [6.45, 7) is 6.11. The topological polar surface area (TPSA) is 92.2 Å². The smallest absolute Gasteiger partial charge is 0.258 e. The van der Waals surface area contributed by atoms with Crippen LogP contribution in [0.3, 0.4) is 0 Å². The fourth-order valence-electron chi connectivity index (χ4n) is 5.84. The number of aromatic nitrogens is 3. The lowest BCUT2D eigenvalue weighted by Crippen LogP contribution is -2.37. The lowest BCUT2D eigenvalue weighted by Gasteiger charge is -2.31. The fourth-order valence-corrected chi connectivity index (χ4v) is 8.49. The predicted molar refractivity (Wildman–Crippen MR) is 173 cm³/mol. The van der Waals surface area contributed by atoms with Crippen molar-refractivity contribution in [3.8, 4) is 5.75 Å². The number of H-pyrrole nitrogens is 1. The molecule has 0 spiro atoms. The number of methoxy groups -OCH3 is 1. The first-order valence-corrected chi connectivity index (χ1v) is 16.4. The number of ether oxygens (including phenoxy) is 1. The summed E-state index contributed by atoms with van der Waals surface area (Å²) < 4.78 is 34.5. The van der Waals surface area contributed by atoms with Crippen molar-refractivity contribution >= 4 is 52.0 Å². The number of nitrogens with zero attached hydrogens (tertiary/aromatic N) is 3. The summed E-state index contributed by atoms with van der Waals surface area (Å²) in [6.07, 6.45) is 5.31. The van der Waals surface area contributed by atoms with E-state index in [1.165, 1.54) is 12.1 Å². The molecule has 1 aliphatic rings. The molecule has 0 radical (unpaired) electrons. The van der Waals surface area contributed by atoms with Gasteiger partial charge in [-0.25, -0.2) is 9.37 Å². The van der Waals surface area contributed by atoms with Gasteiger partial charge >= 0.3 is 0 Å². The Hall–Kier alpha value is -4.20. The number of aryl methyl sites for hydroxylation is 3. The molecule has 222 valence electrons. The van der Waals surface area contributed by atoms with E-state index in [9.17, 15) is 13.8 Å². The summed E-state index contributed by atoms with van der Waals surface area (Å²) in [5, 5.41) is 5.56. The standard InChI is InChI=1S/C33H35FN5O3P/c1-21-7-8-23(34)20-29(21)37-33-36-28-14-13-26-22(2)27(35-32(40)30(26)31(28)38(33)3)6-5-15-39-16-18-43(41,19-17-39)25-11-9-24(42-4)10-12-25/h5-14,20H,15-19H2,1-4H3,(H,35,40)(H,36,37)/b6-5+. The Labute approximate surface area is 249 Å². The number of fused-ring (bicyclic) bond motifs is 3. The quantitative estimate of drug-likeness (QED) is 0.225. The van der Waals surface area contributed by atoms with Crippen molar-refractivity contribution in [3.05, 3.63) is 93.7 Å². The second-order valence-electron chi connectivity index (χ2n) is 11.2. The van der Waals surface area contributed by atoms with Gasteiger partial charge in [0.1, 0.15) is 18.7 Å². The number of benzene rings is 3. The molecule has 0 aliphatic carbocycles. The molecule has 2 N–H and O–H groups in total. The summed E-state index contributed by atoms with van der Waals surface area (Å²) >= 11 is 0. The van der Waals surface area contributed by atoms with Crippen LogP contribution < -0.4 is 20.9 Å². The summed E-state index contributed by atoms with van der Waals surface area (Å²) in [7, 11) is 1.07. The molecular formula is C33H35FN5O3P. The molecule has 0 unspecified atom stereocenters. The maximum Gasteiger partial charge on any atom is 0.258 e. The third-order valence-corrected chi connectivity index (χ3v) is 11.6. The monoisotopic (exact) mass is 599 g/mol. The van der Waals surface area contributed by atoms with Crippen molar-refractivity contribution in [2.75, 3.05) is 44.4 Å². The van der Waals surface area contributed by atoms with E-state index in [2.05, 4.69) is 21.3 Å². The van der Waals surface area contributed by atoms with Crippen molar-refractivity contribution in [2.24, 2.45) is 7.05 Å². The zero-order chi connectivity index (χ0) is 30.3. The van der Waals surface area contributed by atoms with E-state index in [0.29, 0.717) is 46.9 Å². The molecule has 3 heterocycles. The summed E-state index contributed by atoms with van der Waals surface area (Å²) in [5.41, 5.74) is 4.43. The van der Waals surface area contributed by atoms with Gasteiger partial charge < -0.3 is 24.2 Å². The summed E-state index contributed by atoms with van der Waals surface area (Å²) in [5.74, 6) is 0.956. The molecule has 3 aromatic carbocycles. The Morgan fingerprint density at radius 2 is 1.84 bits per heavy atom. The second kappa shape index (κ2) is 11.5. The van der Waals surface area contributed by atoms with Gasteiger partial charge in [0, 0.05) is 55.7 Å². The lowest BCUT2D eigenvalue weighted by atomic mass is 10.0. The predicted octanol–water partition coefficient (Wildman–Crippen LogP) is 5.94. The van der Waals surface area contributed by atoms with E-state index in [1.807, 2.05) is 67.9 Å². The number of pyridine rings is 1. The molecule has 8 nitrogen and oxygen atoms in total. The first kappa shape index (κ1) is 28.9. The van der Waals surface area contributed by atoms with Crippen molar-refractivity contribution in [1.82, 2.24) is 19.4 Å². The molecular weight excluding hydrogens is 564 g/mol. The van der Waals surface area contributed by atoms with Crippen LogP contribution in [0.15, 0.2) is 65.5 Å². The van der Waals surface area contributed by atoms with Crippen LogP contribution in [0.4, 0.5) is 16.0 Å². The van der Waals surface area contributed by atoms with Gasteiger partial charge in [-0.1, -0.05) is 18.2 Å². The third-order valence-electron chi connectivity index (χ3n) is 8.51. The number of nitrogens with one attached hydrogen (secondary N) is 2. The van der Waals surface area contributed by atoms with E-state index in [4.69, 9.17) is 9.72 Å². The minimum Gasteiger partial charge on any atom is -0.497 e. The minimum atomic E-state index is -2.41. The van der Waals surface area contributed by atoms with Crippen LogP contribution in [0.1, 0.15) is 16.8 Å². The molecule has 1 aliphatic heterocycles. The molecule has 0 bridgehead atoms. The molecule has 5 aromatic rings. The summed E-state index contributed by atoms with van der Waals surface area (Å²) in [4.78, 5) is 23.5. The lowest BCUT2D eigenvalue weighted by molar-refractivity contribution is 0.328. The number of hydrogen-bond donors (Lipinski definition) is 2. The Balaban J connectivity index is 1.20. The highest BCUT2D eigenvalue weighted by atomic mass is 31.2. The van der Waals surface area contributed by atoms with Crippen LogP contribution in [0, 0.1) is 19.7 Å². The summed E-state index contributed by atoms with van der Waals surface area (Å²) in [6, 6.07) is 16.0. The van der Waals surface area contributed by atoms with Gasteiger partial charge in [0.05, 0.1) is 23.5 Å². The van der Waals surface area contributed by atoms with Gasteiger partial charge in [0.2, 0.25) is 5.95 Å². The Morgan fingerprint density at radius 3 is 2.56 bits per heavy atom. The molecule has 1 saturated heterocycles. The van der Waals surface area contributed by atoms with Gasteiger partial charge in [0.25, 0.3) is 5.56 Å². The highest BCUT2D eigenvalue weighted by Gasteiger charge is 2.30. The van der Waals surface area contributed by atoms with Gasteiger partial charge in [-0.3, -0.25) is 9.69 Å². The number of hydrogen-bond acceptors (Lipinski definition) is 6. The van der Waals surface area contributed by atoms with E-state index in [-0.39, 0.29) is 11.4 Å². The Kier molecular flexibility index (Phi) is 7.71. The number of halogens is 1. The SMILES string of the molecule is COc1ccc(P2(=O)CCN(C/C=C/c3[nH]c(=O)c4c(ccc5nc(Nc6cc(F)ccc6C)n(C)c54)c3C)CC2)cc1. The first-order chi connectivity index (χ1) is 20.7. The third kappa shape index (κ3) is 5.51. The van der Waals surface area contributed by atoms with Crippen LogP contribution in [-0.2, 0) is 11.6 Å². The number of anilines is 2. The number of rotatable bonds is 7. The van der Waals surface area contributed by atoms with E-state index in [0.717, 1.165) is 46.4 Å². The Morgan fingerprint density at radius 1 is 1.09 bits per heavy atom. The van der Waals surface area contributed by atoms with Crippen LogP contribution in [0.25, 0.3) is 27.9 Å². The van der Waals surface area contributed by atoms with Crippen molar-refractivity contribution < 1.29 is 13.7 Å². The largest absolute Gasteiger partial charge is 0.497 e. The average molecular weight is 600 g/mol. The molecule has 0 saturated carbocycles. The van der Waals surface area contributed by atoms with Gasteiger partial charge in [-0.2, -0.15) is 0 Å². The number of imidazole rings is 1. The molecule has 2 aromatic heterocycles. The van der Waals surface area contributed by atoms with Crippen molar-refractivity contribution in [3.63, 3.8) is 0 Å². The van der Waals surface area contributed by atoms with Crippen LogP contribution in [0.5, 0.6) is 5.75 Å². The molecule has 0 atom stereocenters. The van der Waals surface area contributed by atoms with Crippen LogP contribution >= 0.6 is 7.14 Å². The molecule has 6 rings (SSSR count). The number of aromatic amines is 1. The van der Waals surface area contributed by atoms with Crippen molar-refractivity contribution in [1.29, 1.82) is 0 Å². The molecule has 1 fully saturated rings. The van der Waals surface area contributed by atoms with Crippen LogP contribution in [0.2, 0.25) is 0 Å². The maximum atomic E-state index is 13.9. The maximum absolute atomic E-state index is 13.9. The first-order valence-electron chi connectivity index (χ1n) is 14.3. The van der Waals surface area contributed by atoms with Gasteiger partial charge in [-0.05, 0) is 78.9 Å². The molecule has 10 heteroatoms. The normalized spacial score (nSPS) is 15.5. The highest BCUT2D eigenvalue weighted by Crippen LogP contribution is 2.46. The van der Waals surface area contributed by atoms with Crippen molar-refractivity contribution in [2.45, 2.75) is 13.8 Å². The zero-order valence-corrected chi connectivity index (χ0v) is 25.7. The Bertz CT molecular complexity index is 1970. The fraction of sp³-hybridized carbons (Fsp3) is 0.273. The van der Waals surface area contributed by atoms with E-state index < -0.39 is 7.14 Å². The minimum absolute atomic E-state index is 0.194. The van der Waals surface area contributed by atoms with Gasteiger partial charge in [-0.15, -0.1) is 0 Å². The van der Waals surface area contributed by atoms with E-state index >= 15 is 0 Å². The molecule has 0 amide bonds. The van der Waals surface area contributed by atoms with Crippen LogP contribution in [-0.4, -0.2) is 58.5 Å². The zero-order valence-electron chi connectivity index (χ0n) is 24.8. The molecule has 43 heavy (non-hydrogen) atoms. The highest BCUT2D eigenvalue weighted by molar-refractivity contribution is 7.71.